The molecule has 66 valence electrons. The molecule has 0 saturated carbocycles. The summed E-state index contributed by atoms with van der Waals surface area (Å²) in [4.78, 5) is 11.6. The normalized spacial score (nSPS) is 10.6. The highest BCUT2D eigenvalue weighted by molar-refractivity contribution is 5.81. The number of hydrogen-bond acceptors (Lipinski definition) is 1. The van der Waals surface area contributed by atoms with Crippen molar-refractivity contribution >= 4 is 10.8 Å². The van der Waals surface area contributed by atoms with E-state index in [9.17, 15) is 4.79 Å². The largest absolute Gasteiger partial charge is 0.318 e. The van der Waals surface area contributed by atoms with Crippen LogP contribution in [-0.4, -0.2) is 4.57 Å². The molecule has 0 spiro atoms. The summed E-state index contributed by atoms with van der Waals surface area (Å²) in [5.41, 5.74) is 1.19. The number of nitrogens with zero attached hydrogens (tertiary/aromatic N) is 1. The van der Waals surface area contributed by atoms with E-state index in [1.54, 1.807) is 17.8 Å². The summed E-state index contributed by atoms with van der Waals surface area (Å²) in [5, 5.41) is 1.80. The molecular weight excluding hydrogens is 162 g/mol. The summed E-state index contributed by atoms with van der Waals surface area (Å²) in [5.74, 6) is 0. The van der Waals surface area contributed by atoms with E-state index in [-0.39, 0.29) is 5.56 Å². The molecule has 1 aromatic heterocycles. The van der Waals surface area contributed by atoms with Crippen LogP contribution >= 0.6 is 0 Å². The number of fused-ring (bicyclic) bond motifs is 1. The Morgan fingerprint density at radius 3 is 2.77 bits per heavy atom. The van der Waals surface area contributed by atoms with Gasteiger partial charge in [0.25, 0.3) is 5.56 Å². The Balaban J connectivity index is 2.97. The first-order valence-corrected chi connectivity index (χ1v) is 4.24. The van der Waals surface area contributed by atoms with Crippen LogP contribution in [0.4, 0.5) is 0 Å². The molecule has 2 aromatic rings. The van der Waals surface area contributed by atoms with E-state index >= 15 is 0 Å². The Bertz CT molecular complexity index is 506. The van der Waals surface area contributed by atoms with Gasteiger partial charge in [-0.2, -0.15) is 0 Å². The van der Waals surface area contributed by atoms with Crippen molar-refractivity contribution in [3.63, 3.8) is 0 Å². The van der Waals surface area contributed by atoms with E-state index in [0.717, 1.165) is 16.3 Å². The molecule has 0 saturated heterocycles. The lowest BCUT2D eigenvalue weighted by molar-refractivity contribution is 0.873. The zero-order valence-corrected chi connectivity index (χ0v) is 7.74. The first-order valence-electron chi connectivity index (χ1n) is 4.24. The molecule has 0 aliphatic rings. The molecule has 0 amide bonds. The first-order chi connectivity index (χ1) is 6.18. The van der Waals surface area contributed by atoms with Gasteiger partial charge in [0.2, 0.25) is 0 Å². The van der Waals surface area contributed by atoms with Gasteiger partial charge in [0.15, 0.2) is 0 Å². The third kappa shape index (κ3) is 1.24. The standard InChI is InChI=1S/C11H11NO/c1-8-3-4-9-5-6-12(2)11(13)10(9)7-8/h3-7H,1-2H3. The second-order valence-electron chi connectivity index (χ2n) is 3.32. The molecule has 0 atom stereocenters. The summed E-state index contributed by atoms with van der Waals surface area (Å²) >= 11 is 0. The van der Waals surface area contributed by atoms with Gasteiger partial charge in [0.1, 0.15) is 0 Å². The summed E-state index contributed by atoms with van der Waals surface area (Å²) < 4.78 is 1.60. The number of benzene rings is 1. The highest BCUT2D eigenvalue weighted by atomic mass is 16.1. The molecule has 0 aliphatic heterocycles. The summed E-state index contributed by atoms with van der Waals surface area (Å²) in [7, 11) is 1.77. The average molecular weight is 173 g/mol. The molecule has 13 heavy (non-hydrogen) atoms. The zero-order chi connectivity index (χ0) is 9.42. The Morgan fingerprint density at radius 2 is 2.00 bits per heavy atom. The predicted molar refractivity (Wildman–Crippen MR) is 53.9 cm³/mol. The van der Waals surface area contributed by atoms with Crippen molar-refractivity contribution in [1.29, 1.82) is 0 Å². The van der Waals surface area contributed by atoms with Crippen LogP contribution in [0.3, 0.4) is 0 Å². The number of rotatable bonds is 0. The molecule has 1 aromatic carbocycles. The maximum atomic E-state index is 11.6. The third-order valence-electron chi connectivity index (χ3n) is 2.24. The van der Waals surface area contributed by atoms with E-state index in [1.807, 2.05) is 31.2 Å². The number of hydrogen-bond donors (Lipinski definition) is 0. The summed E-state index contributed by atoms with van der Waals surface area (Å²) in [6.07, 6.45) is 1.79. The monoisotopic (exact) mass is 173 g/mol. The number of aromatic nitrogens is 1. The van der Waals surface area contributed by atoms with Crippen LogP contribution in [0.15, 0.2) is 35.3 Å². The SMILES string of the molecule is Cc1ccc2ccn(C)c(=O)c2c1. The Labute approximate surface area is 76.4 Å². The topological polar surface area (TPSA) is 22.0 Å². The van der Waals surface area contributed by atoms with Crippen LogP contribution in [0.5, 0.6) is 0 Å². The van der Waals surface area contributed by atoms with Gasteiger partial charge in [-0.1, -0.05) is 17.7 Å². The van der Waals surface area contributed by atoms with Crippen molar-refractivity contribution in [1.82, 2.24) is 4.57 Å². The molecular formula is C11H11NO. The van der Waals surface area contributed by atoms with Gasteiger partial charge in [-0.15, -0.1) is 0 Å². The molecule has 0 unspecified atom stereocenters. The van der Waals surface area contributed by atoms with E-state index in [2.05, 4.69) is 0 Å². The van der Waals surface area contributed by atoms with Crippen molar-refractivity contribution in [3.8, 4) is 0 Å². The van der Waals surface area contributed by atoms with E-state index in [1.165, 1.54) is 0 Å². The third-order valence-corrected chi connectivity index (χ3v) is 2.24. The summed E-state index contributed by atoms with van der Waals surface area (Å²) in [6.45, 7) is 1.99. The van der Waals surface area contributed by atoms with Crippen molar-refractivity contribution in [3.05, 3.63) is 46.4 Å². The number of pyridine rings is 1. The molecule has 2 rings (SSSR count). The molecule has 0 aliphatic carbocycles. The molecule has 2 nitrogen and oxygen atoms in total. The average Bonchev–Trinajstić information content (AvgIpc) is 2.12. The predicted octanol–water partition coefficient (Wildman–Crippen LogP) is 1.85. The fourth-order valence-corrected chi connectivity index (χ4v) is 1.45. The van der Waals surface area contributed by atoms with Crippen LogP contribution < -0.4 is 5.56 Å². The van der Waals surface area contributed by atoms with Gasteiger partial charge in [-0.3, -0.25) is 4.79 Å². The zero-order valence-electron chi connectivity index (χ0n) is 7.74. The Morgan fingerprint density at radius 1 is 1.23 bits per heavy atom. The molecule has 0 radical (unpaired) electrons. The molecule has 0 N–H and O–H groups in total. The van der Waals surface area contributed by atoms with Gasteiger partial charge in [-0.05, 0) is 24.4 Å². The molecule has 1 heterocycles. The maximum absolute atomic E-state index is 11.6. The van der Waals surface area contributed by atoms with Crippen molar-refractivity contribution in [2.24, 2.45) is 7.05 Å². The van der Waals surface area contributed by atoms with Gasteiger partial charge in [-0.25, -0.2) is 0 Å². The van der Waals surface area contributed by atoms with Crippen LogP contribution in [0, 0.1) is 6.92 Å². The lowest BCUT2D eigenvalue weighted by atomic mass is 10.1. The van der Waals surface area contributed by atoms with Crippen LogP contribution in [0.1, 0.15) is 5.56 Å². The lowest BCUT2D eigenvalue weighted by Crippen LogP contribution is -2.15. The molecule has 2 heteroatoms. The van der Waals surface area contributed by atoms with Crippen LogP contribution in [0.2, 0.25) is 0 Å². The van der Waals surface area contributed by atoms with Crippen LogP contribution in [0.25, 0.3) is 10.8 Å². The highest BCUT2D eigenvalue weighted by Gasteiger charge is 1.98. The second kappa shape index (κ2) is 2.73. The minimum Gasteiger partial charge on any atom is -0.318 e. The first kappa shape index (κ1) is 8.05. The molecule has 0 fully saturated rings. The minimum atomic E-state index is 0.0706. The van der Waals surface area contributed by atoms with Gasteiger partial charge < -0.3 is 4.57 Å². The fourth-order valence-electron chi connectivity index (χ4n) is 1.45. The maximum Gasteiger partial charge on any atom is 0.258 e. The lowest BCUT2D eigenvalue weighted by Gasteiger charge is -2.01. The Kier molecular flexibility index (Phi) is 1.69. The quantitative estimate of drug-likeness (QED) is 0.596. The highest BCUT2D eigenvalue weighted by Crippen LogP contribution is 2.10. The van der Waals surface area contributed by atoms with E-state index in [0.29, 0.717) is 0 Å². The summed E-state index contributed by atoms with van der Waals surface area (Å²) in [6, 6.07) is 7.88. The van der Waals surface area contributed by atoms with Crippen molar-refractivity contribution in [2.45, 2.75) is 6.92 Å². The van der Waals surface area contributed by atoms with Crippen LogP contribution in [-0.2, 0) is 7.05 Å². The number of aryl methyl sites for hydroxylation is 2. The van der Waals surface area contributed by atoms with E-state index < -0.39 is 0 Å². The second-order valence-corrected chi connectivity index (χ2v) is 3.32. The minimum absolute atomic E-state index is 0.0706. The van der Waals surface area contributed by atoms with E-state index in [4.69, 9.17) is 0 Å². The smallest absolute Gasteiger partial charge is 0.258 e. The molecule has 0 bridgehead atoms. The van der Waals surface area contributed by atoms with Crippen molar-refractivity contribution < 1.29 is 0 Å². The van der Waals surface area contributed by atoms with Gasteiger partial charge in [0, 0.05) is 18.6 Å². The Hall–Kier alpha value is -1.57. The van der Waals surface area contributed by atoms with Gasteiger partial charge >= 0.3 is 0 Å². The van der Waals surface area contributed by atoms with Crippen molar-refractivity contribution in [2.75, 3.05) is 0 Å². The van der Waals surface area contributed by atoms with Gasteiger partial charge in [0.05, 0.1) is 0 Å². The fraction of sp³-hybridized carbons (Fsp3) is 0.182.